The Kier molecular flexibility index (Phi) is 8.40. The van der Waals surface area contributed by atoms with Gasteiger partial charge in [-0.25, -0.2) is 0 Å². The molecule has 0 N–H and O–H groups in total. The Morgan fingerprint density at radius 1 is 0.556 bits per heavy atom. The van der Waals surface area contributed by atoms with E-state index in [1.165, 1.54) is 33.8 Å². The number of carbonyl (C=O) groups excluding carboxylic acids is 1. The first kappa shape index (κ1) is 25.1. The highest BCUT2D eigenvalue weighted by Gasteiger charge is 2.19. The highest BCUT2D eigenvalue weighted by molar-refractivity contribution is 6.02. The summed E-state index contributed by atoms with van der Waals surface area (Å²) in [7, 11) is 6.75. The van der Waals surface area contributed by atoms with Crippen LogP contribution in [0, 0.1) is 5.92 Å². The molecule has 0 saturated carbocycles. The van der Waals surface area contributed by atoms with Crippen molar-refractivity contribution in [2.75, 3.05) is 28.4 Å². The van der Waals surface area contributed by atoms with E-state index < -0.39 is 0 Å². The van der Waals surface area contributed by atoms with Crippen molar-refractivity contribution in [3.05, 3.63) is 125 Å². The topological polar surface area (TPSA) is 39.0 Å². The number of ether oxygens (including phenoxy) is 3. The SMILES string of the molecule is COc1ccc([C](CCC(=C2C=CC(=[O+]C)C=C2)c2ccc(OC)cc2)c2ccc(OC)cc2)cc1. The molecule has 0 aromatic heterocycles. The van der Waals surface area contributed by atoms with Gasteiger partial charge in [-0.1, -0.05) is 36.4 Å². The van der Waals surface area contributed by atoms with Gasteiger partial charge in [0.2, 0.25) is 0 Å². The average molecular weight is 481 g/mol. The van der Waals surface area contributed by atoms with Crippen molar-refractivity contribution in [3.8, 4) is 17.2 Å². The predicted molar refractivity (Wildman–Crippen MR) is 146 cm³/mol. The van der Waals surface area contributed by atoms with Crippen LogP contribution in [0.2, 0.25) is 0 Å². The maximum atomic E-state index is 5.39. The second kappa shape index (κ2) is 12.1. The molecule has 0 heterocycles. The lowest BCUT2D eigenvalue weighted by atomic mass is 9.84. The Hall–Kier alpha value is -4.05. The van der Waals surface area contributed by atoms with E-state index in [1.54, 1.807) is 28.4 Å². The first-order valence-electron chi connectivity index (χ1n) is 11.9. The molecule has 4 rings (SSSR count). The summed E-state index contributed by atoms with van der Waals surface area (Å²) in [4.78, 5) is 0. The van der Waals surface area contributed by atoms with Crippen LogP contribution in [0.25, 0.3) is 5.57 Å². The van der Waals surface area contributed by atoms with Crippen molar-refractivity contribution in [3.63, 3.8) is 0 Å². The molecule has 0 atom stereocenters. The van der Waals surface area contributed by atoms with Crippen LogP contribution >= 0.6 is 0 Å². The molecule has 1 radical (unpaired) electrons. The van der Waals surface area contributed by atoms with E-state index in [0.29, 0.717) is 0 Å². The Morgan fingerprint density at radius 3 is 1.36 bits per heavy atom. The largest absolute Gasteiger partial charge is 0.497 e. The molecule has 3 aromatic carbocycles. The van der Waals surface area contributed by atoms with Gasteiger partial charge in [-0.15, -0.1) is 0 Å². The first-order valence-corrected chi connectivity index (χ1v) is 11.9. The molecule has 0 amide bonds. The van der Waals surface area contributed by atoms with Crippen LogP contribution < -0.4 is 14.2 Å². The number of ketones is 1. The number of rotatable bonds is 9. The highest BCUT2D eigenvalue weighted by atomic mass is 16.5. The van der Waals surface area contributed by atoms with Crippen LogP contribution in [0.4, 0.5) is 0 Å². The van der Waals surface area contributed by atoms with Gasteiger partial charge >= 0.3 is 5.78 Å². The Bertz CT molecular complexity index is 1200. The minimum Gasteiger partial charge on any atom is -0.497 e. The van der Waals surface area contributed by atoms with Crippen LogP contribution in [-0.4, -0.2) is 34.2 Å². The van der Waals surface area contributed by atoms with Gasteiger partial charge in [0.05, 0.1) is 21.3 Å². The van der Waals surface area contributed by atoms with Crippen molar-refractivity contribution in [1.82, 2.24) is 0 Å². The van der Waals surface area contributed by atoms with Gasteiger partial charge in [0.15, 0.2) is 0 Å². The van der Waals surface area contributed by atoms with E-state index in [9.17, 15) is 0 Å². The van der Waals surface area contributed by atoms with E-state index in [4.69, 9.17) is 18.6 Å². The van der Waals surface area contributed by atoms with Gasteiger partial charge in [0.25, 0.3) is 7.11 Å². The lowest BCUT2D eigenvalue weighted by molar-refractivity contribution is -0.417. The summed E-state index contributed by atoms with van der Waals surface area (Å²) in [6.07, 6.45) is 9.97. The molecule has 3 aromatic rings. The number of benzene rings is 3. The number of allylic oxidation sites excluding steroid dienone is 6. The van der Waals surface area contributed by atoms with Crippen molar-refractivity contribution in [2.45, 2.75) is 12.8 Å². The lowest BCUT2D eigenvalue weighted by Crippen LogP contribution is -2.05. The van der Waals surface area contributed by atoms with Gasteiger partial charge in [-0.05, 0) is 89.2 Å². The molecule has 183 valence electrons. The standard InChI is InChI=1S/C32H32O4/c1-33-27-13-5-23(6-14-27)31(24-7-15-28(34-2)16-8-24)21-22-32(25-9-17-29(35-3)18-10-25)26-11-19-30(36-4)20-12-26/h5-20H,21-22H2,1-4H3/q+1. The molecule has 0 aliphatic heterocycles. The zero-order valence-corrected chi connectivity index (χ0v) is 21.3. The molecular formula is C32H32O4+. The molecule has 0 bridgehead atoms. The van der Waals surface area contributed by atoms with Crippen molar-refractivity contribution < 1.29 is 18.6 Å². The summed E-state index contributed by atoms with van der Waals surface area (Å²) in [5, 5.41) is 0. The smallest absolute Gasteiger partial charge is 0.343 e. The normalized spacial score (nSPS) is 12.6. The third-order valence-corrected chi connectivity index (χ3v) is 6.38. The van der Waals surface area contributed by atoms with Crippen LogP contribution in [-0.2, 0) is 4.42 Å². The second-order valence-electron chi connectivity index (χ2n) is 8.37. The Labute approximate surface area is 213 Å². The van der Waals surface area contributed by atoms with Crippen molar-refractivity contribution >= 4 is 11.4 Å². The van der Waals surface area contributed by atoms with E-state index in [0.717, 1.165) is 35.9 Å². The summed E-state index contributed by atoms with van der Waals surface area (Å²) in [6.45, 7) is 0. The quantitative estimate of drug-likeness (QED) is 0.317. The lowest BCUT2D eigenvalue weighted by Gasteiger charge is -2.20. The number of hydrogen-bond acceptors (Lipinski definition) is 3. The van der Waals surface area contributed by atoms with Crippen LogP contribution in [0.3, 0.4) is 0 Å². The summed E-state index contributed by atoms with van der Waals surface area (Å²) in [5.41, 5.74) is 5.95. The summed E-state index contributed by atoms with van der Waals surface area (Å²) < 4.78 is 21.5. The molecule has 4 nitrogen and oxygen atoms in total. The second-order valence-corrected chi connectivity index (χ2v) is 8.37. The Balaban J connectivity index is 1.70. The molecular weight excluding hydrogens is 448 g/mol. The molecule has 0 saturated heterocycles. The fraction of sp³-hybridized carbons (Fsp3) is 0.188. The molecule has 4 heteroatoms. The zero-order valence-electron chi connectivity index (χ0n) is 21.3. The molecule has 0 spiro atoms. The van der Waals surface area contributed by atoms with Gasteiger partial charge < -0.3 is 14.2 Å². The van der Waals surface area contributed by atoms with Crippen LogP contribution in [0.1, 0.15) is 29.5 Å². The van der Waals surface area contributed by atoms with Gasteiger partial charge in [-0.3, -0.25) is 4.42 Å². The Morgan fingerprint density at radius 2 is 0.972 bits per heavy atom. The van der Waals surface area contributed by atoms with Gasteiger partial charge in [0.1, 0.15) is 17.2 Å². The first-order chi connectivity index (χ1) is 17.6. The predicted octanol–water partition coefficient (Wildman–Crippen LogP) is 6.78. The third-order valence-electron chi connectivity index (χ3n) is 6.38. The molecule has 0 fully saturated rings. The average Bonchev–Trinajstić information content (AvgIpc) is 2.96. The summed E-state index contributed by atoms with van der Waals surface area (Å²) >= 11 is 0. The number of methoxy groups -OCH3 is 3. The summed E-state index contributed by atoms with van der Waals surface area (Å²) in [5.74, 6) is 4.64. The van der Waals surface area contributed by atoms with Crippen LogP contribution in [0.5, 0.6) is 17.2 Å². The van der Waals surface area contributed by atoms with E-state index in [-0.39, 0.29) is 0 Å². The molecule has 1 aliphatic carbocycles. The van der Waals surface area contributed by atoms with Gasteiger partial charge in [0, 0.05) is 18.1 Å². The third kappa shape index (κ3) is 5.95. The van der Waals surface area contributed by atoms with Crippen LogP contribution in [0.15, 0.2) is 103 Å². The monoisotopic (exact) mass is 480 g/mol. The zero-order chi connectivity index (χ0) is 25.3. The minimum atomic E-state index is 0.844. The number of hydrogen-bond donors (Lipinski definition) is 0. The molecule has 1 aliphatic rings. The maximum absolute atomic E-state index is 5.39. The van der Waals surface area contributed by atoms with E-state index >= 15 is 0 Å². The van der Waals surface area contributed by atoms with Crippen molar-refractivity contribution in [1.29, 1.82) is 0 Å². The minimum absolute atomic E-state index is 0.844. The van der Waals surface area contributed by atoms with E-state index in [2.05, 4.69) is 48.6 Å². The maximum Gasteiger partial charge on any atom is 0.343 e. The molecule has 36 heavy (non-hydrogen) atoms. The fourth-order valence-corrected chi connectivity index (χ4v) is 4.33. The highest BCUT2D eigenvalue weighted by Crippen LogP contribution is 2.36. The molecule has 0 unspecified atom stereocenters. The fourth-order valence-electron chi connectivity index (χ4n) is 4.33. The summed E-state index contributed by atoms with van der Waals surface area (Å²) in [6, 6.07) is 24.8. The van der Waals surface area contributed by atoms with E-state index in [1.807, 2.05) is 48.6 Å². The van der Waals surface area contributed by atoms with Crippen molar-refractivity contribution in [2.24, 2.45) is 0 Å². The van der Waals surface area contributed by atoms with Gasteiger partial charge in [-0.2, -0.15) is 0 Å².